The lowest BCUT2D eigenvalue weighted by Crippen LogP contribution is -1.89. The molecule has 14 heavy (non-hydrogen) atoms. The van der Waals surface area contributed by atoms with Crippen molar-refractivity contribution >= 4 is 11.8 Å². The number of hydrogen-bond acceptors (Lipinski definition) is 2. The zero-order valence-corrected chi connectivity index (χ0v) is 9.52. The normalized spacial score (nSPS) is 10.4. The van der Waals surface area contributed by atoms with Gasteiger partial charge in [0.1, 0.15) is 0 Å². The highest BCUT2D eigenvalue weighted by Gasteiger charge is 1.96. The van der Waals surface area contributed by atoms with E-state index in [1.807, 2.05) is 11.8 Å². The molecule has 1 nitrogen and oxygen atoms in total. The Morgan fingerprint density at radius 3 is 2.71 bits per heavy atom. The largest absolute Gasteiger partial charge is 0.396 e. The van der Waals surface area contributed by atoms with Crippen LogP contribution in [0.4, 0.5) is 0 Å². The maximum Gasteiger partial charge on any atom is 0.0431 e. The summed E-state index contributed by atoms with van der Waals surface area (Å²) in [5.41, 5.74) is 2.81. The van der Waals surface area contributed by atoms with Gasteiger partial charge in [-0.1, -0.05) is 24.3 Å². The molecule has 78 valence electrons. The zero-order chi connectivity index (χ0) is 10.2. The Morgan fingerprint density at radius 2 is 2.00 bits per heavy atom. The van der Waals surface area contributed by atoms with Gasteiger partial charge in [-0.15, -0.1) is 0 Å². The van der Waals surface area contributed by atoms with Gasteiger partial charge >= 0.3 is 0 Å². The van der Waals surface area contributed by atoms with Crippen LogP contribution in [0.1, 0.15) is 24.0 Å². The van der Waals surface area contributed by atoms with E-state index in [0.29, 0.717) is 6.61 Å². The minimum absolute atomic E-state index is 0.324. The molecule has 0 spiro atoms. The van der Waals surface area contributed by atoms with Gasteiger partial charge in [0.15, 0.2) is 0 Å². The van der Waals surface area contributed by atoms with E-state index in [-0.39, 0.29) is 0 Å². The van der Waals surface area contributed by atoms with Crippen LogP contribution in [0.15, 0.2) is 24.3 Å². The Hall–Kier alpha value is -0.470. The van der Waals surface area contributed by atoms with Crippen LogP contribution in [0.3, 0.4) is 0 Å². The molecule has 0 aliphatic heterocycles. The van der Waals surface area contributed by atoms with E-state index >= 15 is 0 Å². The minimum Gasteiger partial charge on any atom is -0.396 e. The lowest BCUT2D eigenvalue weighted by atomic mass is 10.1. The summed E-state index contributed by atoms with van der Waals surface area (Å²) in [7, 11) is 0. The Bertz CT molecular complexity index is 260. The number of aliphatic hydroxyl groups excluding tert-OH is 1. The third-order valence-electron chi connectivity index (χ3n) is 2.22. The van der Waals surface area contributed by atoms with E-state index in [9.17, 15) is 0 Å². The van der Waals surface area contributed by atoms with Crippen LogP contribution in [-0.4, -0.2) is 17.5 Å². The molecule has 0 fully saturated rings. The van der Waals surface area contributed by atoms with Crippen LogP contribution in [-0.2, 0) is 5.75 Å². The second-order valence-electron chi connectivity index (χ2n) is 3.41. The molecular formula is C12H18OS. The number of unbranched alkanes of at least 4 members (excludes halogenated alkanes) is 1. The van der Waals surface area contributed by atoms with Crippen molar-refractivity contribution < 1.29 is 5.11 Å². The van der Waals surface area contributed by atoms with Crippen molar-refractivity contribution in [3.63, 3.8) is 0 Å². The summed E-state index contributed by atoms with van der Waals surface area (Å²) < 4.78 is 0. The molecule has 0 aliphatic carbocycles. The third kappa shape index (κ3) is 4.16. The number of hydrogen-bond donors (Lipinski definition) is 1. The number of aryl methyl sites for hydroxylation is 1. The monoisotopic (exact) mass is 210 g/mol. The van der Waals surface area contributed by atoms with Gasteiger partial charge in [0.05, 0.1) is 0 Å². The maximum atomic E-state index is 8.62. The van der Waals surface area contributed by atoms with Gasteiger partial charge in [-0.3, -0.25) is 0 Å². The third-order valence-corrected chi connectivity index (χ3v) is 3.31. The fourth-order valence-corrected chi connectivity index (χ4v) is 2.37. The van der Waals surface area contributed by atoms with Crippen molar-refractivity contribution in [1.82, 2.24) is 0 Å². The molecule has 0 radical (unpaired) electrons. The molecule has 1 aromatic rings. The fourth-order valence-electron chi connectivity index (χ4n) is 1.27. The highest BCUT2D eigenvalue weighted by molar-refractivity contribution is 7.98. The Morgan fingerprint density at radius 1 is 1.21 bits per heavy atom. The molecule has 0 saturated carbocycles. The molecule has 2 heteroatoms. The first-order chi connectivity index (χ1) is 6.84. The first-order valence-corrected chi connectivity index (χ1v) is 6.23. The number of thioether (sulfide) groups is 1. The smallest absolute Gasteiger partial charge is 0.0431 e. The number of aliphatic hydroxyl groups is 1. The summed E-state index contributed by atoms with van der Waals surface area (Å²) in [4.78, 5) is 0. The van der Waals surface area contributed by atoms with Gasteiger partial charge in [0.25, 0.3) is 0 Å². The molecule has 0 heterocycles. The van der Waals surface area contributed by atoms with Crippen LogP contribution in [0.25, 0.3) is 0 Å². The Balaban J connectivity index is 2.21. The molecule has 1 N–H and O–H groups in total. The lowest BCUT2D eigenvalue weighted by Gasteiger charge is -2.04. The van der Waals surface area contributed by atoms with Gasteiger partial charge < -0.3 is 5.11 Å². The van der Waals surface area contributed by atoms with Crippen molar-refractivity contribution in [3.8, 4) is 0 Å². The highest BCUT2D eigenvalue weighted by atomic mass is 32.2. The quantitative estimate of drug-likeness (QED) is 0.728. The van der Waals surface area contributed by atoms with Gasteiger partial charge in [-0.2, -0.15) is 11.8 Å². The first kappa shape index (κ1) is 11.6. The summed E-state index contributed by atoms with van der Waals surface area (Å²) in [6, 6.07) is 8.52. The van der Waals surface area contributed by atoms with E-state index < -0.39 is 0 Å². The van der Waals surface area contributed by atoms with Crippen molar-refractivity contribution in [2.24, 2.45) is 0 Å². The molecule has 0 unspecified atom stereocenters. The van der Waals surface area contributed by atoms with Crippen molar-refractivity contribution in [2.45, 2.75) is 25.5 Å². The summed E-state index contributed by atoms with van der Waals surface area (Å²) >= 11 is 1.95. The van der Waals surface area contributed by atoms with Crippen LogP contribution in [0.2, 0.25) is 0 Å². The molecule has 1 rings (SSSR count). The average Bonchev–Trinajstić information content (AvgIpc) is 2.20. The van der Waals surface area contributed by atoms with Crippen LogP contribution in [0.5, 0.6) is 0 Å². The molecule has 0 aliphatic rings. The van der Waals surface area contributed by atoms with Crippen LogP contribution < -0.4 is 0 Å². The minimum atomic E-state index is 0.324. The van der Waals surface area contributed by atoms with E-state index in [0.717, 1.165) is 24.3 Å². The second-order valence-corrected chi connectivity index (χ2v) is 4.51. The van der Waals surface area contributed by atoms with Gasteiger partial charge in [-0.05, 0) is 36.6 Å². The molecule has 0 atom stereocenters. The highest BCUT2D eigenvalue weighted by Crippen LogP contribution is 2.16. The molecule has 0 saturated heterocycles. The average molecular weight is 210 g/mol. The van der Waals surface area contributed by atoms with E-state index in [1.165, 1.54) is 11.1 Å². The Kier molecular flexibility index (Phi) is 5.72. The molecule has 1 aromatic carbocycles. The maximum absolute atomic E-state index is 8.62. The Labute approximate surface area is 90.5 Å². The SMILES string of the molecule is Cc1ccccc1CSCCCCO. The van der Waals surface area contributed by atoms with E-state index in [2.05, 4.69) is 31.2 Å². The summed E-state index contributed by atoms with van der Waals surface area (Å²) in [6.07, 6.45) is 2.05. The van der Waals surface area contributed by atoms with Crippen molar-refractivity contribution in [1.29, 1.82) is 0 Å². The first-order valence-electron chi connectivity index (χ1n) is 5.07. The fraction of sp³-hybridized carbons (Fsp3) is 0.500. The lowest BCUT2D eigenvalue weighted by molar-refractivity contribution is 0.287. The standard InChI is InChI=1S/C12H18OS/c1-11-6-2-3-7-12(11)10-14-9-5-4-8-13/h2-3,6-7,13H,4-5,8-10H2,1H3. The van der Waals surface area contributed by atoms with Gasteiger partial charge in [0, 0.05) is 12.4 Å². The van der Waals surface area contributed by atoms with Crippen LogP contribution >= 0.6 is 11.8 Å². The molecular weight excluding hydrogens is 192 g/mol. The number of rotatable bonds is 6. The predicted molar refractivity (Wildman–Crippen MR) is 63.7 cm³/mol. The summed E-state index contributed by atoms with van der Waals surface area (Å²) in [5.74, 6) is 2.24. The van der Waals surface area contributed by atoms with Crippen molar-refractivity contribution in [3.05, 3.63) is 35.4 Å². The zero-order valence-electron chi connectivity index (χ0n) is 8.70. The summed E-state index contributed by atoms with van der Waals surface area (Å²) in [6.45, 7) is 2.48. The van der Waals surface area contributed by atoms with Crippen molar-refractivity contribution in [2.75, 3.05) is 12.4 Å². The molecule has 0 bridgehead atoms. The van der Waals surface area contributed by atoms with E-state index in [1.54, 1.807) is 0 Å². The predicted octanol–water partition coefficient (Wildman–Crippen LogP) is 3.00. The molecule has 0 amide bonds. The second kappa shape index (κ2) is 6.91. The number of benzene rings is 1. The van der Waals surface area contributed by atoms with Gasteiger partial charge in [0.2, 0.25) is 0 Å². The molecule has 0 aromatic heterocycles. The van der Waals surface area contributed by atoms with Crippen LogP contribution in [0, 0.1) is 6.92 Å². The van der Waals surface area contributed by atoms with E-state index in [4.69, 9.17) is 5.11 Å². The topological polar surface area (TPSA) is 20.2 Å². The van der Waals surface area contributed by atoms with Gasteiger partial charge in [-0.25, -0.2) is 0 Å². The summed E-state index contributed by atoms with van der Waals surface area (Å²) in [5, 5.41) is 8.62.